The Morgan fingerprint density at radius 3 is 2.85 bits per heavy atom. The zero-order valence-corrected chi connectivity index (χ0v) is 18.7. The van der Waals surface area contributed by atoms with Gasteiger partial charge in [0.2, 0.25) is 0 Å². The average Bonchev–Trinajstić information content (AvgIpc) is 3.31. The first-order chi connectivity index (χ1) is 12.9. The lowest BCUT2D eigenvalue weighted by Crippen LogP contribution is -2.38. The van der Waals surface area contributed by atoms with Gasteiger partial charge in [-0.15, -0.1) is 34.2 Å². The Balaban J connectivity index is 0.00000261. The summed E-state index contributed by atoms with van der Waals surface area (Å²) in [5.74, 6) is 2.87. The molecule has 0 spiro atoms. The highest BCUT2D eigenvalue weighted by atomic mass is 127. The van der Waals surface area contributed by atoms with Gasteiger partial charge < -0.3 is 10.6 Å². The molecule has 1 aliphatic rings. The van der Waals surface area contributed by atoms with Crippen LogP contribution in [0.25, 0.3) is 5.65 Å². The third kappa shape index (κ3) is 6.93. The minimum atomic E-state index is 0. The van der Waals surface area contributed by atoms with E-state index < -0.39 is 0 Å². The number of aliphatic imine (C=N–C) groups is 1. The van der Waals surface area contributed by atoms with Gasteiger partial charge in [0.1, 0.15) is 5.82 Å². The van der Waals surface area contributed by atoms with Crippen LogP contribution in [0.1, 0.15) is 57.7 Å². The number of aromatic nitrogens is 3. The topological polar surface area (TPSA) is 66.6 Å². The van der Waals surface area contributed by atoms with Crippen molar-refractivity contribution >= 4 is 35.6 Å². The summed E-state index contributed by atoms with van der Waals surface area (Å²) in [6, 6.07) is 5.96. The van der Waals surface area contributed by atoms with Crippen LogP contribution in [0.15, 0.2) is 29.4 Å². The van der Waals surface area contributed by atoms with Crippen LogP contribution < -0.4 is 10.6 Å². The summed E-state index contributed by atoms with van der Waals surface area (Å²) in [5, 5.41) is 15.2. The molecule has 7 heteroatoms. The van der Waals surface area contributed by atoms with E-state index in [9.17, 15) is 0 Å². The van der Waals surface area contributed by atoms with E-state index in [1.165, 1.54) is 44.9 Å². The molecule has 0 atom stereocenters. The average molecular weight is 484 g/mol. The SMILES string of the molecule is CCNC(=NCCCCC1CCCC1)NCCc1nnc2ccccn12.I. The number of hydrogen-bond acceptors (Lipinski definition) is 3. The largest absolute Gasteiger partial charge is 0.357 e. The molecule has 1 saturated carbocycles. The summed E-state index contributed by atoms with van der Waals surface area (Å²) in [6.07, 6.45) is 12.5. The molecule has 0 aliphatic heterocycles. The molecule has 27 heavy (non-hydrogen) atoms. The van der Waals surface area contributed by atoms with Crippen LogP contribution in [-0.2, 0) is 6.42 Å². The fraction of sp³-hybridized carbons (Fsp3) is 0.650. The van der Waals surface area contributed by atoms with E-state index in [4.69, 9.17) is 4.99 Å². The second-order valence-electron chi connectivity index (χ2n) is 7.13. The van der Waals surface area contributed by atoms with Gasteiger partial charge in [-0.2, -0.15) is 0 Å². The Bertz CT molecular complexity index is 693. The Morgan fingerprint density at radius 1 is 1.19 bits per heavy atom. The Kier molecular flexibility index (Phi) is 9.86. The van der Waals surface area contributed by atoms with E-state index in [0.29, 0.717) is 0 Å². The van der Waals surface area contributed by atoms with Crippen LogP contribution in [-0.4, -0.2) is 40.2 Å². The number of rotatable bonds is 9. The molecular weight excluding hydrogens is 451 g/mol. The van der Waals surface area contributed by atoms with Crippen molar-refractivity contribution in [2.75, 3.05) is 19.6 Å². The minimum Gasteiger partial charge on any atom is -0.357 e. The standard InChI is InChI=1S/C20H32N6.HI/c1-2-21-20(22-14-7-5-11-17-9-3-4-10-17)23-15-13-19-25-24-18-12-6-8-16-26(18)19;/h6,8,12,16-17H,2-5,7,9-11,13-15H2,1H3,(H2,21,22,23);1H. The van der Waals surface area contributed by atoms with Crippen molar-refractivity contribution in [3.05, 3.63) is 30.2 Å². The first-order valence-corrected chi connectivity index (χ1v) is 10.2. The number of pyridine rings is 1. The molecule has 0 saturated heterocycles. The molecule has 2 heterocycles. The van der Waals surface area contributed by atoms with Gasteiger partial charge in [-0.3, -0.25) is 9.39 Å². The normalized spacial score (nSPS) is 15.1. The molecule has 1 aliphatic carbocycles. The molecule has 6 nitrogen and oxygen atoms in total. The van der Waals surface area contributed by atoms with Gasteiger partial charge in [0.25, 0.3) is 0 Å². The molecule has 0 bridgehead atoms. The number of fused-ring (bicyclic) bond motifs is 1. The summed E-state index contributed by atoms with van der Waals surface area (Å²) < 4.78 is 2.04. The lowest BCUT2D eigenvalue weighted by molar-refractivity contribution is 0.475. The highest BCUT2D eigenvalue weighted by Gasteiger charge is 2.13. The summed E-state index contributed by atoms with van der Waals surface area (Å²) in [4.78, 5) is 4.71. The Labute approximate surface area is 179 Å². The van der Waals surface area contributed by atoms with Crippen molar-refractivity contribution in [3.8, 4) is 0 Å². The highest BCUT2D eigenvalue weighted by molar-refractivity contribution is 14.0. The van der Waals surface area contributed by atoms with Gasteiger partial charge in [0.15, 0.2) is 11.6 Å². The monoisotopic (exact) mass is 484 g/mol. The van der Waals surface area contributed by atoms with Crippen molar-refractivity contribution in [1.29, 1.82) is 0 Å². The van der Waals surface area contributed by atoms with Crippen LogP contribution in [0.4, 0.5) is 0 Å². The van der Waals surface area contributed by atoms with Gasteiger partial charge >= 0.3 is 0 Å². The van der Waals surface area contributed by atoms with Gasteiger partial charge in [-0.05, 0) is 31.4 Å². The molecule has 0 aromatic carbocycles. The van der Waals surface area contributed by atoms with Crippen molar-refractivity contribution < 1.29 is 0 Å². The molecule has 2 N–H and O–H groups in total. The summed E-state index contributed by atoms with van der Waals surface area (Å²) in [7, 11) is 0. The summed E-state index contributed by atoms with van der Waals surface area (Å²) in [6.45, 7) is 4.67. The van der Waals surface area contributed by atoms with E-state index in [1.54, 1.807) is 0 Å². The van der Waals surface area contributed by atoms with Crippen molar-refractivity contribution in [2.24, 2.45) is 10.9 Å². The lowest BCUT2D eigenvalue weighted by Gasteiger charge is -2.11. The molecule has 0 unspecified atom stereocenters. The third-order valence-corrected chi connectivity index (χ3v) is 5.13. The number of hydrogen-bond donors (Lipinski definition) is 2. The van der Waals surface area contributed by atoms with Crippen molar-refractivity contribution in [3.63, 3.8) is 0 Å². The number of nitrogens with one attached hydrogen (secondary N) is 2. The van der Waals surface area contributed by atoms with E-state index >= 15 is 0 Å². The predicted octanol–water partition coefficient (Wildman–Crippen LogP) is 3.81. The molecular formula is C20H33IN6. The van der Waals surface area contributed by atoms with Crippen LogP contribution in [0.3, 0.4) is 0 Å². The Morgan fingerprint density at radius 2 is 2.04 bits per heavy atom. The zero-order chi connectivity index (χ0) is 18.0. The van der Waals surface area contributed by atoms with Gasteiger partial charge in [-0.25, -0.2) is 0 Å². The maximum Gasteiger partial charge on any atom is 0.191 e. The quantitative estimate of drug-likeness (QED) is 0.246. The molecule has 2 aromatic rings. The smallest absolute Gasteiger partial charge is 0.191 e. The maximum absolute atomic E-state index is 4.71. The number of unbranched alkanes of at least 4 members (excludes halogenated alkanes) is 1. The summed E-state index contributed by atoms with van der Waals surface area (Å²) >= 11 is 0. The second-order valence-corrected chi connectivity index (χ2v) is 7.13. The minimum absolute atomic E-state index is 0. The summed E-state index contributed by atoms with van der Waals surface area (Å²) in [5.41, 5.74) is 0.894. The highest BCUT2D eigenvalue weighted by Crippen LogP contribution is 2.28. The molecule has 3 rings (SSSR count). The molecule has 150 valence electrons. The van der Waals surface area contributed by atoms with E-state index in [0.717, 1.165) is 49.4 Å². The fourth-order valence-electron chi connectivity index (χ4n) is 3.73. The molecule has 0 radical (unpaired) electrons. The van der Waals surface area contributed by atoms with E-state index in [-0.39, 0.29) is 24.0 Å². The van der Waals surface area contributed by atoms with Crippen LogP contribution in [0.5, 0.6) is 0 Å². The fourth-order valence-corrected chi connectivity index (χ4v) is 3.73. The number of halogens is 1. The Hall–Kier alpha value is -1.38. The van der Waals surface area contributed by atoms with Gasteiger partial charge in [0, 0.05) is 32.3 Å². The molecule has 2 aromatic heterocycles. The first-order valence-electron chi connectivity index (χ1n) is 10.2. The number of nitrogens with zero attached hydrogens (tertiary/aromatic N) is 4. The number of guanidine groups is 1. The first kappa shape index (κ1) is 21.9. The van der Waals surface area contributed by atoms with Crippen LogP contribution in [0.2, 0.25) is 0 Å². The lowest BCUT2D eigenvalue weighted by atomic mass is 10.0. The second kappa shape index (κ2) is 12.2. The van der Waals surface area contributed by atoms with Crippen molar-refractivity contribution in [2.45, 2.75) is 58.3 Å². The van der Waals surface area contributed by atoms with Gasteiger partial charge in [-0.1, -0.05) is 44.6 Å². The van der Waals surface area contributed by atoms with Crippen LogP contribution in [0, 0.1) is 5.92 Å². The zero-order valence-electron chi connectivity index (χ0n) is 16.4. The molecule has 0 amide bonds. The third-order valence-electron chi connectivity index (χ3n) is 5.13. The maximum atomic E-state index is 4.71. The van der Waals surface area contributed by atoms with E-state index in [2.05, 4.69) is 27.8 Å². The predicted molar refractivity (Wildman–Crippen MR) is 122 cm³/mol. The van der Waals surface area contributed by atoms with Gasteiger partial charge in [0.05, 0.1) is 0 Å². The van der Waals surface area contributed by atoms with E-state index in [1.807, 2.05) is 28.8 Å². The van der Waals surface area contributed by atoms with Crippen molar-refractivity contribution in [1.82, 2.24) is 25.2 Å². The van der Waals surface area contributed by atoms with Crippen LogP contribution >= 0.6 is 24.0 Å². The molecule has 1 fully saturated rings.